The zero-order valence-corrected chi connectivity index (χ0v) is 24.1. The predicted molar refractivity (Wildman–Crippen MR) is 160 cm³/mol. The third-order valence-corrected chi connectivity index (χ3v) is 7.99. The first-order chi connectivity index (χ1) is 19.4. The highest BCUT2D eigenvalue weighted by Gasteiger charge is 2.32. The number of carbonyl (C=O) groups excluding carboxylic acids is 1. The molecule has 4 rings (SSSR count). The van der Waals surface area contributed by atoms with Gasteiger partial charge < -0.3 is 26.2 Å². The number of carbonyl (C=O) groups is 1. The second-order valence-corrected chi connectivity index (χ2v) is 11.0. The molecule has 1 aromatic heterocycles. The molecule has 9 nitrogen and oxygen atoms in total. The Balaban J connectivity index is 1.54. The topological polar surface area (TPSA) is 116 Å². The van der Waals surface area contributed by atoms with Crippen molar-refractivity contribution in [3.63, 3.8) is 0 Å². The SMILES string of the molecule is CNc1ncc(/C(N)=C/N(N)c2cc(NC(=O)c3cc(N(C)CCN4CCCC4)cc(C(F)(F)F)c3)ccc2C)s1. The zero-order valence-electron chi connectivity index (χ0n) is 23.3. The van der Waals surface area contributed by atoms with Gasteiger partial charge in [-0.05, 0) is 68.8 Å². The van der Waals surface area contributed by atoms with Gasteiger partial charge in [-0.3, -0.25) is 9.80 Å². The summed E-state index contributed by atoms with van der Waals surface area (Å²) in [6.07, 6.45) is 0.835. The number of likely N-dealkylation sites (tertiary alicyclic amines) is 1. The number of aromatic nitrogens is 1. The molecule has 3 aromatic rings. The fourth-order valence-electron chi connectivity index (χ4n) is 4.53. The standard InChI is InChI=1S/C28H35F3N8OS/c1-18-6-7-21(15-24(18)39(33)17-23(32)25-16-35-27(34-2)41-25)36-26(40)19-12-20(28(29,30)31)14-22(13-19)37(3)10-11-38-8-4-5-9-38/h6-7,12-17H,4-5,8-11,32-33H2,1-3H3,(H,34,35)(H,36,40)/b23-17-. The normalized spacial score (nSPS) is 14.3. The van der Waals surface area contributed by atoms with Crippen LogP contribution in [0.15, 0.2) is 48.8 Å². The molecule has 0 bridgehead atoms. The monoisotopic (exact) mass is 588 g/mol. The Kier molecular flexibility index (Phi) is 9.41. The third kappa shape index (κ3) is 7.69. The molecular formula is C28H35F3N8OS. The molecule has 1 aliphatic heterocycles. The van der Waals surface area contributed by atoms with Gasteiger partial charge in [-0.1, -0.05) is 17.4 Å². The van der Waals surface area contributed by atoms with Gasteiger partial charge in [0.2, 0.25) is 0 Å². The minimum Gasteiger partial charge on any atom is -0.396 e. The number of halogens is 3. The number of benzene rings is 2. The number of rotatable bonds is 10. The van der Waals surface area contributed by atoms with Crippen molar-refractivity contribution < 1.29 is 18.0 Å². The third-order valence-electron chi connectivity index (χ3n) is 6.93. The van der Waals surface area contributed by atoms with Gasteiger partial charge in [-0.15, -0.1) is 0 Å². The smallest absolute Gasteiger partial charge is 0.396 e. The molecule has 0 saturated carbocycles. The van der Waals surface area contributed by atoms with Gasteiger partial charge in [0.15, 0.2) is 5.13 Å². The molecule has 220 valence electrons. The number of amides is 1. The molecule has 2 aromatic carbocycles. The maximum absolute atomic E-state index is 13.8. The number of anilines is 4. The summed E-state index contributed by atoms with van der Waals surface area (Å²) in [5, 5.41) is 7.70. The average Bonchev–Trinajstić information content (AvgIpc) is 3.64. The molecule has 0 radical (unpaired) electrons. The van der Waals surface area contributed by atoms with Crippen LogP contribution in [-0.4, -0.2) is 56.1 Å². The molecule has 13 heteroatoms. The maximum Gasteiger partial charge on any atom is 0.416 e. The summed E-state index contributed by atoms with van der Waals surface area (Å²) in [6.45, 7) is 5.12. The van der Waals surface area contributed by atoms with E-state index in [0.29, 0.717) is 34.4 Å². The van der Waals surface area contributed by atoms with Crippen LogP contribution in [0.2, 0.25) is 0 Å². The van der Waals surface area contributed by atoms with E-state index >= 15 is 0 Å². The van der Waals surface area contributed by atoms with Crippen molar-refractivity contribution >= 4 is 45.1 Å². The van der Waals surface area contributed by atoms with Crippen molar-refractivity contribution in [1.82, 2.24) is 9.88 Å². The Morgan fingerprint density at radius 3 is 2.59 bits per heavy atom. The molecule has 41 heavy (non-hydrogen) atoms. The number of alkyl halides is 3. The van der Waals surface area contributed by atoms with E-state index in [4.69, 9.17) is 11.6 Å². The molecule has 1 amide bonds. The Hall–Kier alpha value is -3.81. The van der Waals surface area contributed by atoms with Crippen LogP contribution >= 0.6 is 11.3 Å². The minimum atomic E-state index is -4.60. The second kappa shape index (κ2) is 12.8. The molecule has 0 spiro atoms. The van der Waals surface area contributed by atoms with E-state index in [9.17, 15) is 18.0 Å². The highest BCUT2D eigenvalue weighted by Crippen LogP contribution is 2.33. The van der Waals surface area contributed by atoms with Crippen molar-refractivity contribution in [3.05, 3.63) is 70.4 Å². The molecule has 0 unspecified atom stereocenters. The summed E-state index contributed by atoms with van der Waals surface area (Å²) in [5.41, 5.74) is 7.68. The van der Waals surface area contributed by atoms with E-state index < -0.39 is 17.6 Å². The molecule has 6 N–H and O–H groups in total. The van der Waals surface area contributed by atoms with Crippen LogP contribution in [-0.2, 0) is 6.18 Å². The lowest BCUT2D eigenvalue weighted by Gasteiger charge is -2.24. The van der Waals surface area contributed by atoms with Gasteiger partial charge in [0.05, 0.1) is 21.8 Å². The van der Waals surface area contributed by atoms with Gasteiger partial charge in [0.25, 0.3) is 5.91 Å². The highest BCUT2D eigenvalue weighted by molar-refractivity contribution is 7.16. The first kappa shape index (κ1) is 30.2. The summed E-state index contributed by atoms with van der Waals surface area (Å²) < 4.78 is 41.3. The van der Waals surface area contributed by atoms with E-state index in [-0.39, 0.29) is 5.56 Å². The van der Waals surface area contributed by atoms with Gasteiger partial charge in [-0.25, -0.2) is 10.8 Å². The summed E-state index contributed by atoms with van der Waals surface area (Å²) >= 11 is 1.37. The van der Waals surface area contributed by atoms with Crippen LogP contribution in [0.1, 0.15) is 39.2 Å². The zero-order chi connectivity index (χ0) is 29.7. The Morgan fingerprint density at radius 2 is 1.93 bits per heavy atom. The number of hydrogen-bond donors (Lipinski definition) is 4. The van der Waals surface area contributed by atoms with Gasteiger partial charge in [-0.2, -0.15) is 13.2 Å². The van der Waals surface area contributed by atoms with Crippen LogP contribution < -0.4 is 32.1 Å². The van der Waals surface area contributed by atoms with Crippen molar-refractivity contribution in [2.24, 2.45) is 11.6 Å². The minimum absolute atomic E-state index is 0.0933. The van der Waals surface area contributed by atoms with E-state index in [2.05, 4.69) is 20.5 Å². The first-order valence-electron chi connectivity index (χ1n) is 13.2. The summed E-state index contributed by atoms with van der Waals surface area (Å²) in [5.74, 6) is 5.61. The van der Waals surface area contributed by atoms with E-state index in [1.54, 1.807) is 43.4 Å². The van der Waals surface area contributed by atoms with Crippen molar-refractivity contribution in [2.75, 3.05) is 60.8 Å². The number of aryl methyl sites for hydroxylation is 1. The molecule has 1 saturated heterocycles. The second-order valence-electron chi connectivity index (χ2n) is 9.96. The lowest BCUT2D eigenvalue weighted by Crippen LogP contribution is -2.31. The fraction of sp³-hybridized carbons (Fsp3) is 0.357. The highest BCUT2D eigenvalue weighted by atomic mass is 32.1. The number of hydrazine groups is 1. The maximum atomic E-state index is 13.8. The molecule has 1 aliphatic rings. The predicted octanol–water partition coefficient (Wildman–Crippen LogP) is 4.93. The number of thiazole rings is 1. The number of nitrogens with zero attached hydrogens (tertiary/aromatic N) is 4. The van der Waals surface area contributed by atoms with Crippen LogP contribution in [0.25, 0.3) is 5.70 Å². The van der Waals surface area contributed by atoms with Crippen LogP contribution in [0, 0.1) is 6.92 Å². The molecule has 0 atom stereocenters. The Morgan fingerprint density at radius 1 is 1.20 bits per heavy atom. The van der Waals surface area contributed by atoms with E-state index in [0.717, 1.165) is 55.0 Å². The Labute approximate surface area is 241 Å². The van der Waals surface area contributed by atoms with E-state index in [1.807, 2.05) is 6.92 Å². The number of hydrogen-bond acceptors (Lipinski definition) is 9. The number of nitrogens with two attached hydrogens (primary N) is 2. The summed E-state index contributed by atoms with van der Waals surface area (Å²) in [6, 6.07) is 8.49. The number of likely N-dealkylation sites (N-methyl/N-ethyl adjacent to an activating group) is 1. The molecule has 1 fully saturated rings. The Bertz CT molecular complexity index is 1400. The molecular weight excluding hydrogens is 553 g/mol. The lowest BCUT2D eigenvalue weighted by molar-refractivity contribution is -0.137. The number of nitrogens with one attached hydrogen (secondary N) is 2. The molecule has 0 aliphatic carbocycles. The van der Waals surface area contributed by atoms with Gasteiger partial charge in [0.1, 0.15) is 0 Å². The van der Waals surface area contributed by atoms with Gasteiger partial charge in [0, 0.05) is 56.5 Å². The average molecular weight is 589 g/mol. The fourth-order valence-corrected chi connectivity index (χ4v) is 5.22. The lowest BCUT2D eigenvalue weighted by atomic mass is 10.1. The van der Waals surface area contributed by atoms with Crippen molar-refractivity contribution in [3.8, 4) is 0 Å². The van der Waals surface area contributed by atoms with Crippen molar-refractivity contribution in [1.29, 1.82) is 0 Å². The summed E-state index contributed by atoms with van der Waals surface area (Å²) in [7, 11) is 3.50. The largest absolute Gasteiger partial charge is 0.416 e. The first-order valence-corrected chi connectivity index (χ1v) is 14.0. The summed E-state index contributed by atoms with van der Waals surface area (Å²) in [4.78, 5) is 22.2. The quantitative estimate of drug-likeness (QED) is 0.195. The van der Waals surface area contributed by atoms with Crippen molar-refractivity contribution in [2.45, 2.75) is 25.9 Å². The van der Waals surface area contributed by atoms with Crippen LogP contribution in [0.4, 0.5) is 35.4 Å². The van der Waals surface area contributed by atoms with Crippen LogP contribution in [0.5, 0.6) is 0 Å². The van der Waals surface area contributed by atoms with E-state index in [1.165, 1.54) is 28.6 Å². The van der Waals surface area contributed by atoms with Gasteiger partial charge >= 0.3 is 6.18 Å². The van der Waals surface area contributed by atoms with Crippen LogP contribution in [0.3, 0.4) is 0 Å². The molecule has 2 heterocycles.